The van der Waals surface area contributed by atoms with Gasteiger partial charge in [-0.3, -0.25) is 10.1 Å². The second-order valence-electron chi connectivity index (χ2n) is 3.12. The van der Waals surface area contributed by atoms with Gasteiger partial charge in [-0.2, -0.15) is 5.10 Å². The Bertz CT molecular complexity index is 577. The molecule has 0 radical (unpaired) electrons. The van der Waals surface area contributed by atoms with Crippen molar-refractivity contribution in [2.45, 2.75) is 0 Å². The molecular weight excluding hydrogens is 300 g/mol. The lowest BCUT2D eigenvalue weighted by Crippen LogP contribution is -2.03. The number of nitrogens with zero attached hydrogens (tertiary/aromatic N) is 3. The monoisotopic (exact) mass is 303 g/mol. The van der Waals surface area contributed by atoms with Gasteiger partial charge in [0, 0.05) is 6.20 Å². The summed E-state index contributed by atoms with van der Waals surface area (Å²) in [5, 5.41) is 14.1. The van der Waals surface area contributed by atoms with E-state index in [2.05, 4.69) is 21.0 Å². The van der Waals surface area contributed by atoms with E-state index >= 15 is 0 Å². The van der Waals surface area contributed by atoms with Gasteiger partial charge in [0.1, 0.15) is 5.69 Å². The molecule has 0 aliphatic rings. The zero-order valence-electron chi connectivity index (χ0n) is 8.10. The fourth-order valence-electron chi connectivity index (χ4n) is 1.30. The van der Waals surface area contributed by atoms with Crippen molar-refractivity contribution < 1.29 is 13.7 Å². The molecule has 0 saturated carbocycles. The first-order chi connectivity index (χ1) is 7.99. The van der Waals surface area contributed by atoms with Crippen LogP contribution < -0.4 is 0 Å². The Hall–Kier alpha value is -1.83. The Labute approximate surface area is 102 Å². The molecule has 1 aromatic heterocycles. The van der Waals surface area contributed by atoms with E-state index in [1.54, 1.807) is 0 Å². The number of hydrogen-bond donors (Lipinski definition) is 0. The zero-order chi connectivity index (χ0) is 12.6. The van der Waals surface area contributed by atoms with E-state index in [9.17, 15) is 18.9 Å². The van der Waals surface area contributed by atoms with Gasteiger partial charge in [-0.1, -0.05) is 0 Å². The van der Waals surface area contributed by atoms with Crippen LogP contribution in [0.2, 0.25) is 0 Å². The van der Waals surface area contributed by atoms with Gasteiger partial charge in [0.2, 0.25) is 0 Å². The van der Waals surface area contributed by atoms with Crippen molar-refractivity contribution in [1.29, 1.82) is 0 Å². The maximum Gasteiger partial charge on any atom is 0.275 e. The summed E-state index contributed by atoms with van der Waals surface area (Å²) in [7, 11) is 0. The van der Waals surface area contributed by atoms with Crippen LogP contribution in [0.15, 0.2) is 29.0 Å². The Balaban J connectivity index is 2.60. The minimum absolute atomic E-state index is 0.457. The molecule has 2 aromatic rings. The molecule has 88 valence electrons. The molecule has 1 heterocycles. The van der Waals surface area contributed by atoms with E-state index in [4.69, 9.17) is 0 Å². The first-order valence-corrected chi connectivity index (χ1v) is 5.12. The van der Waals surface area contributed by atoms with Crippen LogP contribution in [0.3, 0.4) is 0 Å². The van der Waals surface area contributed by atoms with Crippen molar-refractivity contribution in [1.82, 2.24) is 9.78 Å². The van der Waals surface area contributed by atoms with E-state index in [1.165, 1.54) is 12.4 Å². The summed E-state index contributed by atoms with van der Waals surface area (Å²) < 4.78 is 28.6. The first kappa shape index (κ1) is 11.6. The van der Waals surface area contributed by atoms with Crippen molar-refractivity contribution in [2.24, 2.45) is 0 Å². The summed E-state index contributed by atoms with van der Waals surface area (Å²) in [5.41, 5.74) is -1.10. The fraction of sp³-hybridized carbons (Fsp3) is 0. The quantitative estimate of drug-likeness (QED) is 0.633. The Morgan fingerprint density at radius 2 is 1.94 bits per heavy atom. The van der Waals surface area contributed by atoms with Crippen molar-refractivity contribution in [3.8, 4) is 5.69 Å². The number of halogens is 3. The van der Waals surface area contributed by atoms with E-state index < -0.39 is 27.9 Å². The Morgan fingerprint density at radius 1 is 1.35 bits per heavy atom. The zero-order valence-corrected chi connectivity index (χ0v) is 9.69. The second kappa shape index (κ2) is 4.21. The fourth-order valence-corrected chi connectivity index (χ4v) is 1.59. The normalized spacial score (nSPS) is 10.5. The number of hydrogen-bond acceptors (Lipinski definition) is 3. The van der Waals surface area contributed by atoms with E-state index in [1.807, 2.05) is 0 Å². The Kier molecular flexibility index (Phi) is 2.88. The SMILES string of the molecule is O=[N+]([O-])c1cc(F)c(-n2cc(Br)cn2)c(F)c1. The number of benzene rings is 1. The summed E-state index contributed by atoms with van der Waals surface area (Å²) >= 11 is 3.08. The van der Waals surface area contributed by atoms with Crippen LogP contribution in [0.5, 0.6) is 0 Å². The van der Waals surface area contributed by atoms with Crippen LogP contribution in [0.4, 0.5) is 14.5 Å². The van der Waals surface area contributed by atoms with Gasteiger partial charge in [-0.15, -0.1) is 0 Å². The van der Waals surface area contributed by atoms with Crippen LogP contribution in [0.1, 0.15) is 0 Å². The van der Waals surface area contributed by atoms with Crippen molar-refractivity contribution in [3.05, 3.63) is 50.7 Å². The van der Waals surface area contributed by atoms with Gasteiger partial charge >= 0.3 is 0 Å². The Morgan fingerprint density at radius 3 is 2.35 bits per heavy atom. The van der Waals surface area contributed by atoms with Gasteiger partial charge in [0.25, 0.3) is 5.69 Å². The molecule has 0 saturated heterocycles. The highest BCUT2D eigenvalue weighted by atomic mass is 79.9. The summed E-state index contributed by atoms with van der Waals surface area (Å²) in [5.74, 6) is -2.10. The van der Waals surface area contributed by atoms with Crippen LogP contribution in [-0.4, -0.2) is 14.7 Å². The number of nitro benzene ring substituents is 1. The lowest BCUT2D eigenvalue weighted by Gasteiger charge is -2.04. The standard InChI is InChI=1S/C9H4BrF2N3O2/c10-5-3-13-14(4-5)9-7(11)1-6(15(16)17)2-8(9)12/h1-4H. The molecule has 0 N–H and O–H groups in total. The molecule has 0 bridgehead atoms. The average Bonchev–Trinajstić information content (AvgIpc) is 2.63. The molecule has 0 amide bonds. The topological polar surface area (TPSA) is 61.0 Å². The highest BCUT2D eigenvalue weighted by molar-refractivity contribution is 9.10. The summed E-state index contributed by atoms with van der Waals surface area (Å²) in [6.45, 7) is 0. The minimum Gasteiger partial charge on any atom is -0.258 e. The highest BCUT2D eigenvalue weighted by Crippen LogP contribution is 2.24. The third-order valence-electron chi connectivity index (χ3n) is 1.99. The lowest BCUT2D eigenvalue weighted by molar-refractivity contribution is -0.385. The van der Waals surface area contributed by atoms with E-state index in [0.717, 1.165) is 4.68 Å². The largest absolute Gasteiger partial charge is 0.275 e. The van der Waals surface area contributed by atoms with Crippen molar-refractivity contribution >= 4 is 21.6 Å². The van der Waals surface area contributed by atoms with E-state index in [0.29, 0.717) is 16.6 Å². The third-order valence-corrected chi connectivity index (χ3v) is 2.40. The van der Waals surface area contributed by atoms with Crippen LogP contribution >= 0.6 is 15.9 Å². The van der Waals surface area contributed by atoms with Crippen LogP contribution in [0, 0.1) is 21.7 Å². The molecule has 5 nitrogen and oxygen atoms in total. The van der Waals surface area contributed by atoms with Gasteiger partial charge < -0.3 is 0 Å². The number of non-ortho nitro benzene ring substituents is 1. The molecular formula is C9H4BrF2N3O2. The predicted octanol–water partition coefficient (Wildman–Crippen LogP) is 2.82. The molecule has 2 rings (SSSR count). The van der Waals surface area contributed by atoms with Crippen LogP contribution in [0.25, 0.3) is 5.69 Å². The molecule has 1 aromatic carbocycles. The number of aromatic nitrogens is 2. The molecule has 0 aliphatic heterocycles. The molecule has 17 heavy (non-hydrogen) atoms. The summed E-state index contributed by atoms with van der Waals surface area (Å²) in [6, 6.07) is 1.29. The summed E-state index contributed by atoms with van der Waals surface area (Å²) in [4.78, 5) is 9.53. The third kappa shape index (κ3) is 2.16. The lowest BCUT2D eigenvalue weighted by atomic mass is 10.2. The maximum atomic E-state index is 13.5. The maximum absolute atomic E-state index is 13.5. The second-order valence-corrected chi connectivity index (χ2v) is 4.03. The average molecular weight is 304 g/mol. The molecule has 0 fully saturated rings. The van der Waals surface area contributed by atoms with Gasteiger partial charge in [0.05, 0.1) is 27.7 Å². The smallest absolute Gasteiger partial charge is 0.258 e. The highest BCUT2D eigenvalue weighted by Gasteiger charge is 2.18. The predicted molar refractivity (Wildman–Crippen MR) is 57.8 cm³/mol. The summed E-state index contributed by atoms with van der Waals surface area (Å²) in [6.07, 6.45) is 2.69. The van der Waals surface area contributed by atoms with Crippen molar-refractivity contribution in [3.63, 3.8) is 0 Å². The number of nitro groups is 1. The molecule has 0 aliphatic carbocycles. The van der Waals surface area contributed by atoms with Gasteiger partial charge in [-0.25, -0.2) is 13.5 Å². The van der Waals surface area contributed by atoms with Crippen molar-refractivity contribution in [2.75, 3.05) is 0 Å². The molecule has 8 heteroatoms. The van der Waals surface area contributed by atoms with E-state index in [-0.39, 0.29) is 0 Å². The first-order valence-electron chi connectivity index (χ1n) is 4.33. The van der Waals surface area contributed by atoms with Gasteiger partial charge in [-0.05, 0) is 15.9 Å². The van der Waals surface area contributed by atoms with Crippen LogP contribution in [-0.2, 0) is 0 Å². The molecule has 0 atom stereocenters. The number of rotatable bonds is 2. The van der Waals surface area contributed by atoms with Gasteiger partial charge in [0.15, 0.2) is 11.6 Å². The molecule has 0 spiro atoms. The molecule has 0 unspecified atom stereocenters. The minimum atomic E-state index is -1.05.